The van der Waals surface area contributed by atoms with E-state index in [0.717, 1.165) is 16.7 Å². The summed E-state index contributed by atoms with van der Waals surface area (Å²) in [6, 6.07) is 15.4. The molecule has 8 nitrogen and oxygen atoms in total. The number of hydrazone groups is 2. The minimum absolute atomic E-state index is 0.000515. The quantitative estimate of drug-likeness (QED) is 0.474. The van der Waals surface area contributed by atoms with E-state index in [1.165, 1.54) is 11.1 Å². The number of para-hydroxylation sites is 1. The van der Waals surface area contributed by atoms with Gasteiger partial charge in [-0.25, -0.2) is 4.79 Å². The number of nitrogens with zero attached hydrogens (tertiary/aromatic N) is 3. The van der Waals surface area contributed by atoms with E-state index in [2.05, 4.69) is 15.6 Å². The zero-order chi connectivity index (χ0) is 24.6. The Hall–Kier alpha value is -4.46. The number of benzene rings is 3. The van der Waals surface area contributed by atoms with Crippen molar-refractivity contribution in [2.45, 2.75) is 27.7 Å². The molecule has 0 aliphatic carbocycles. The summed E-state index contributed by atoms with van der Waals surface area (Å²) >= 11 is 0. The van der Waals surface area contributed by atoms with Gasteiger partial charge in [-0.3, -0.25) is 10.2 Å². The molecule has 4 rings (SSSR count). The summed E-state index contributed by atoms with van der Waals surface area (Å²) in [5.74, 6) is -1.60. The molecule has 172 valence electrons. The second-order valence-electron chi connectivity index (χ2n) is 8.20. The van der Waals surface area contributed by atoms with Gasteiger partial charge in [-0.05, 0) is 69.2 Å². The molecule has 8 heteroatoms. The van der Waals surface area contributed by atoms with Crippen LogP contribution in [-0.2, 0) is 4.79 Å². The third-order valence-electron chi connectivity index (χ3n) is 5.74. The molecule has 3 N–H and O–H groups in total. The molecule has 0 saturated carbocycles. The smallest absolute Gasteiger partial charge is 0.337 e. The highest BCUT2D eigenvalue weighted by Crippen LogP contribution is 2.37. The largest absolute Gasteiger partial charge is 0.507 e. The maximum Gasteiger partial charge on any atom is 0.337 e. The Kier molecular flexibility index (Phi) is 5.89. The van der Waals surface area contributed by atoms with E-state index in [1.807, 2.05) is 39.0 Å². The highest BCUT2D eigenvalue weighted by Gasteiger charge is 2.31. The van der Waals surface area contributed by atoms with Gasteiger partial charge in [-0.2, -0.15) is 15.2 Å². The van der Waals surface area contributed by atoms with E-state index in [9.17, 15) is 19.8 Å². The number of phenolic OH excluding ortho intramolecular Hbond substituents is 1. The number of hydrogen-bond acceptors (Lipinski definition) is 6. The number of carbonyl (C=O) groups excluding carboxylic acids is 1. The van der Waals surface area contributed by atoms with Crippen LogP contribution in [0.4, 0.5) is 11.4 Å². The first-order chi connectivity index (χ1) is 16.2. The fourth-order valence-electron chi connectivity index (χ4n) is 3.71. The average Bonchev–Trinajstić information content (AvgIpc) is 3.08. The zero-order valence-electron chi connectivity index (χ0n) is 19.2. The lowest BCUT2D eigenvalue weighted by Gasteiger charge is -2.15. The van der Waals surface area contributed by atoms with Crippen LogP contribution in [0.15, 0.2) is 64.8 Å². The van der Waals surface area contributed by atoms with E-state index >= 15 is 0 Å². The molecule has 0 unspecified atom stereocenters. The Morgan fingerprint density at radius 3 is 2.44 bits per heavy atom. The molecule has 1 aliphatic heterocycles. The first-order valence-electron chi connectivity index (χ1n) is 10.6. The second kappa shape index (κ2) is 8.82. The molecule has 0 spiro atoms. The van der Waals surface area contributed by atoms with Crippen LogP contribution in [-0.4, -0.2) is 33.5 Å². The average molecular weight is 457 g/mol. The van der Waals surface area contributed by atoms with Crippen molar-refractivity contribution in [2.24, 2.45) is 10.2 Å². The number of carbonyl (C=O) groups is 2. The van der Waals surface area contributed by atoms with Gasteiger partial charge in [0.1, 0.15) is 5.75 Å². The summed E-state index contributed by atoms with van der Waals surface area (Å²) in [5, 5.41) is 30.0. The van der Waals surface area contributed by atoms with Gasteiger partial charge in [-0.15, -0.1) is 0 Å². The number of phenols is 1. The van der Waals surface area contributed by atoms with Crippen LogP contribution >= 0.6 is 0 Å². The molecular weight excluding hydrogens is 432 g/mol. The Labute approximate surface area is 196 Å². The second-order valence-corrected chi connectivity index (χ2v) is 8.20. The van der Waals surface area contributed by atoms with Gasteiger partial charge < -0.3 is 10.2 Å². The summed E-state index contributed by atoms with van der Waals surface area (Å²) in [6.45, 7) is 7.48. The highest BCUT2D eigenvalue weighted by atomic mass is 16.4. The van der Waals surface area contributed by atoms with Gasteiger partial charge in [0.2, 0.25) is 0 Å². The van der Waals surface area contributed by atoms with Gasteiger partial charge in [0.15, 0.2) is 5.71 Å². The molecule has 0 atom stereocenters. The zero-order valence-corrected chi connectivity index (χ0v) is 19.2. The molecule has 0 bridgehead atoms. The van der Waals surface area contributed by atoms with E-state index in [0.29, 0.717) is 22.5 Å². The molecule has 3 aromatic carbocycles. The van der Waals surface area contributed by atoms with Gasteiger partial charge in [0, 0.05) is 11.1 Å². The van der Waals surface area contributed by atoms with Crippen molar-refractivity contribution in [3.8, 4) is 16.9 Å². The molecule has 0 saturated heterocycles. The molecule has 0 fully saturated rings. The summed E-state index contributed by atoms with van der Waals surface area (Å²) in [6.07, 6.45) is 0. The van der Waals surface area contributed by atoms with Gasteiger partial charge in [0.25, 0.3) is 0 Å². The van der Waals surface area contributed by atoms with Crippen molar-refractivity contribution in [3.63, 3.8) is 0 Å². The summed E-state index contributed by atoms with van der Waals surface area (Å²) < 4.78 is 0. The fourth-order valence-corrected chi connectivity index (χ4v) is 3.71. The lowest BCUT2D eigenvalue weighted by atomic mass is 9.98. The van der Waals surface area contributed by atoms with Crippen molar-refractivity contribution in [1.29, 1.82) is 0 Å². The lowest BCUT2D eigenvalue weighted by molar-refractivity contribution is -0.112. The number of aromatic carboxylic acids is 1. The van der Waals surface area contributed by atoms with Gasteiger partial charge >= 0.3 is 11.9 Å². The van der Waals surface area contributed by atoms with Crippen molar-refractivity contribution in [2.75, 3.05) is 10.4 Å². The lowest BCUT2D eigenvalue weighted by Crippen LogP contribution is -2.28. The summed E-state index contributed by atoms with van der Waals surface area (Å²) in [4.78, 5) is 25.0. The Balaban J connectivity index is 1.74. The monoisotopic (exact) mass is 456 g/mol. The number of carboxylic acid groups (broad SMARTS) is 1. The normalized spacial score (nSPS) is 14.5. The van der Waals surface area contributed by atoms with E-state index in [-0.39, 0.29) is 22.7 Å². The molecule has 0 aromatic heterocycles. The first-order valence-corrected chi connectivity index (χ1v) is 10.6. The van der Waals surface area contributed by atoms with E-state index in [4.69, 9.17) is 0 Å². The van der Waals surface area contributed by atoms with Crippen LogP contribution in [0.2, 0.25) is 0 Å². The standard InChI is InChI=1S/C26H24N4O4/c1-14-8-11-22(31)21(12-14)19-6-5-7-20(26(33)34)24(19)28-27-23-17(4)29-30(25(23)32)18-10-9-15(2)16(3)13-18/h5-13,28,31H,1-4H3,(H,33,34). The predicted octanol–water partition coefficient (Wildman–Crippen LogP) is 4.87. The number of aromatic hydroxyl groups is 1. The minimum atomic E-state index is -1.17. The van der Waals surface area contributed by atoms with Crippen molar-refractivity contribution in [1.82, 2.24) is 0 Å². The van der Waals surface area contributed by atoms with Gasteiger partial charge in [0.05, 0.1) is 22.6 Å². The Morgan fingerprint density at radius 1 is 0.971 bits per heavy atom. The number of aryl methyl sites for hydroxylation is 3. The Morgan fingerprint density at radius 2 is 1.74 bits per heavy atom. The van der Waals surface area contributed by atoms with Crippen molar-refractivity contribution < 1.29 is 19.8 Å². The molecule has 3 aromatic rings. The van der Waals surface area contributed by atoms with Crippen LogP contribution in [0.3, 0.4) is 0 Å². The third-order valence-corrected chi connectivity index (χ3v) is 5.74. The summed E-state index contributed by atoms with van der Waals surface area (Å²) in [7, 11) is 0. The van der Waals surface area contributed by atoms with Crippen LogP contribution in [0.5, 0.6) is 5.75 Å². The number of hydrogen-bond donors (Lipinski definition) is 3. The Bertz CT molecular complexity index is 1390. The molecule has 34 heavy (non-hydrogen) atoms. The van der Waals surface area contributed by atoms with Crippen LogP contribution in [0.25, 0.3) is 11.1 Å². The SMILES string of the molecule is CC1=NN(c2ccc(C)c(C)c2)C(=O)C1=NNc1c(C(=O)O)cccc1-c1cc(C)ccc1O. The van der Waals surface area contributed by atoms with Crippen LogP contribution in [0, 0.1) is 20.8 Å². The number of amides is 1. The van der Waals surface area contributed by atoms with E-state index < -0.39 is 11.9 Å². The van der Waals surface area contributed by atoms with E-state index in [1.54, 1.807) is 37.3 Å². The van der Waals surface area contributed by atoms with Crippen LogP contribution < -0.4 is 10.4 Å². The minimum Gasteiger partial charge on any atom is -0.507 e. The fraction of sp³-hybridized carbons (Fsp3) is 0.154. The maximum atomic E-state index is 13.1. The molecule has 1 heterocycles. The number of carboxylic acids is 1. The maximum absolute atomic E-state index is 13.1. The number of anilines is 2. The molecule has 1 aliphatic rings. The number of nitrogens with one attached hydrogen (secondary N) is 1. The molecule has 0 radical (unpaired) electrons. The first kappa shape index (κ1) is 22.7. The molecule has 1 amide bonds. The predicted molar refractivity (Wildman–Crippen MR) is 133 cm³/mol. The summed E-state index contributed by atoms with van der Waals surface area (Å²) in [5.41, 5.74) is 7.88. The van der Waals surface area contributed by atoms with Gasteiger partial charge in [-0.1, -0.05) is 29.8 Å². The van der Waals surface area contributed by atoms with Crippen molar-refractivity contribution >= 4 is 34.7 Å². The number of rotatable bonds is 5. The molecular formula is C26H24N4O4. The third kappa shape index (κ3) is 4.13. The topological polar surface area (TPSA) is 115 Å². The van der Waals surface area contributed by atoms with Crippen molar-refractivity contribution in [3.05, 3.63) is 76.9 Å². The highest BCUT2D eigenvalue weighted by molar-refractivity contribution is 6.71. The van der Waals surface area contributed by atoms with Crippen LogP contribution in [0.1, 0.15) is 34.0 Å².